The van der Waals surface area contributed by atoms with Crippen LogP contribution in [0.4, 0.5) is 4.79 Å². The summed E-state index contributed by atoms with van der Waals surface area (Å²) >= 11 is 7.10. The summed E-state index contributed by atoms with van der Waals surface area (Å²) in [6, 6.07) is 19.5. The van der Waals surface area contributed by atoms with Gasteiger partial charge in [0, 0.05) is 48.5 Å². The maximum absolute atomic E-state index is 14.3. The Bertz CT molecular complexity index is 1520. The number of amides is 1. The van der Waals surface area contributed by atoms with E-state index in [1.54, 1.807) is 30.0 Å². The lowest BCUT2D eigenvalue weighted by atomic mass is 10.1. The summed E-state index contributed by atoms with van der Waals surface area (Å²) in [5.41, 5.74) is -0.100. The van der Waals surface area contributed by atoms with E-state index in [-0.39, 0.29) is 23.8 Å². The number of sulfonamides is 1. The van der Waals surface area contributed by atoms with Crippen molar-refractivity contribution in [3.63, 3.8) is 0 Å². The van der Waals surface area contributed by atoms with Crippen LogP contribution in [0.15, 0.2) is 70.9 Å². The fraction of sp³-hybridized carbons (Fsp3) is 0.400. The molecule has 1 saturated carbocycles. The highest BCUT2D eigenvalue weighted by molar-refractivity contribution is 7.91. The fourth-order valence-electron chi connectivity index (χ4n) is 5.85. The number of thiophene rings is 1. The molecule has 2 aliphatic rings. The first-order valence-electron chi connectivity index (χ1n) is 13.8. The van der Waals surface area contributed by atoms with Crippen molar-refractivity contribution in [2.75, 3.05) is 46.4 Å². The lowest BCUT2D eigenvalue weighted by Gasteiger charge is -2.32. The SMILES string of the molecule is CC1C(c2ccccc2)C1(C(=O)O)N(CCCOC(=O)N1CCN(C)CC1)S(=O)(=O)c1ccc(-c2ccc(Cl)cc2)s1. The summed E-state index contributed by atoms with van der Waals surface area (Å²) in [7, 11) is -2.26. The van der Waals surface area contributed by atoms with Gasteiger partial charge in [-0.05, 0) is 54.8 Å². The molecule has 42 heavy (non-hydrogen) atoms. The summed E-state index contributed by atoms with van der Waals surface area (Å²) < 4.78 is 35.2. The Hall–Kier alpha value is -2.96. The van der Waals surface area contributed by atoms with Gasteiger partial charge in [-0.25, -0.2) is 13.2 Å². The topological polar surface area (TPSA) is 107 Å². The van der Waals surface area contributed by atoms with Crippen LogP contribution in [0.25, 0.3) is 10.4 Å². The van der Waals surface area contributed by atoms with Crippen molar-refractivity contribution in [1.82, 2.24) is 14.1 Å². The van der Waals surface area contributed by atoms with Crippen LogP contribution in [0.1, 0.15) is 24.8 Å². The number of piperazine rings is 1. The molecule has 2 heterocycles. The van der Waals surface area contributed by atoms with Crippen molar-refractivity contribution in [3.05, 3.63) is 77.3 Å². The smallest absolute Gasteiger partial charge is 0.409 e. The van der Waals surface area contributed by atoms with Gasteiger partial charge in [0.2, 0.25) is 0 Å². The third kappa shape index (κ3) is 5.80. The number of carboxylic acids is 1. The number of hydrogen-bond acceptors (Lipinski definition) is 7. The minimum atomic E-state index is -4.25. The Kier molecular flexibility index (Phi) is 8.96. The first-order chi connectivity index (χ1) is 20.1. The normalized spacial score (nSPS) is 22.7. The van der Waals surface area contributed by atoms with E-state index < -0.39 is 39.5 Å². The van der Waals surface area contributed by atoms with Crippen LogP contribution in [0.3, 0.4) is 0 Å². The lowest BCUT2D eigenvalue weighted by molar-refractivity contribution is -0.143. The van der Waals surface area contributed by atoms with Crippen molar-refractivity contribution < 1.29 is 27.9 Å². The summed E-state index contributed by atoms with van der Waals surface area (Å²) in [5, 5.41) is 11.2. The molecule has 2 aromatic carbocycles. The molecular weight excluding hydrogens is 598 g/mol. The van der Waals surface area contributed by atoms with Crippen LogP contribution in [-0.2, 0) is 19.6 Å². The number of halogens is 1. The number of hydrogen-bond donors (Lipinski definition) is 1. The predicted octanol–water partition coefficient (Wildman–Crippen LogP) is 5.09. The van der Waals surface area contributed by atoms with Crippen molar-refractivity contribution in [2.45, 2.75) is 29.0 Å². The highest BCUT2D eigenvalue weighted by atomic mass is 35.5. The number of carbonyl (C=O) groups is 2. The molecule has 12 heteroatoms. The zero-order valence-electron chi connectivity index (χ0n) is 23.5. The Morgan fingerprint density at radius 2 is 1.71 bits per heavy atom. The molecule has 1 N–H and O–H groups in total. The minimum Gasteiger partial charge on any atom is -0.480 e. The molecule has 3 aromatic rings. The predicted molar refractivity (Wildman–Crippen MR) is 162 cm³/mol. The molecule has 0 bridgehead atoms. The Morgan fingerprint density at radius 3 is 2.36 bits per heavy atom. The number of carbonyl (C=O) groups excluding carboxylic acids is 1. The van der Waals surface area contributed by atoms with E-state index in [1.807, 2.05) is 49.5 Å². The Balaban J connectivity index is 1.41. The van der Waals surface area contributed by atoms with Gasteiger partial charge in [0.15, 0.2) is 0 Å². The van der Waals surface area contributed by atoms with Crippen LogP contribution >= 0.6 is 22.9 Å². The number of benzene rings is 2. The van der Waals surface area contributed by atoms with Gasteiger partial charge < -0.3 is 19.6 Å². The van der Waals surface area contributed by atoms with Crippen molar-refractivity contribution in [2.24, 2.45) is 5.92 Å². The second kappa shape index (κ2) is 12.3. The van der Waals surface area contributed by atoms with Crippen LogP contribution in [0, 0.1) is 5.92 Å². The molecular formula is C30H34ClN3O6S2. The highest BCUT2D eigenvalue weighted by Crippen LogP contribution is 2.62. The van der Waals surface area contributed by atoms with E-state index in [0.29, 0.717) is 18.1 Å². The standard InChI is InChI=1S/C30H34ClN3O6S2/c1-21-27(23-7-4-3-5-8-23)30(21,28(35)36)34(15-6-20-40-29(37)33-18-16-32(2)17-19-33)42(38,39)26-14-13-25(41-26)22-9-11-24(31)12-10-22/h3-5,7-14,21,27H,6,15-20H2,1-2H3,(H,35,36). The monoisotopic (exact) mass is 631 g/mol. The van der Waals surface area contributed by atoms with Crippen molar-refractivity contribution >= 4 is 45.0 Å². The van der Waals surface area contributed by atoms with Gasteiger partial charge >= 0.3 is 12.1 Å². The third-order valence-corrected chi connectivity index (χ3v) is 12.0. The zero-order chi connectivity index (χ0) is 30.1. The quantitative estimate of drug-likeness (QED) is 0.311. The Morgan fingerprint density at radius 1 is 1.05 bits per heavy atom. The molecule has 1 saturated heterocycles. The van der Waals surface area contributed by atoms with Gasteiger partial charge in [0.25, 0.3) is 10.0 Å². The lowest BCUT2D eigenvalue weighted by Crippen LogP contribution is -2.50. The van der Waals surface area contributed by atoms with Crippen molar-refractivity contribution in [3.8, 4) is 10.4 Å². The molecule has 1 aromatic heterocycles. The minimum absolute atomic E-state index is 0.0300. The van der Waals surface area contributed by atoms with Crippen LogP contribution < -0.4 is 0 Å². The van der Waals surface area contributed by atoms with Gasteiger partial charge in [0.05, 0.1) is 6.61 Å². The molecule has 5 rings (SSSR count). The maximum atomic E-state index is 14.3. The molecule has 0 radical (unpaired) electrons. The molecule has 3 unspecified atom stereocenters. The van der Waals surface area contributed by atoms with Gasteiger partial charge in [-0.15, -0.1) is 11.3 Å². The maximum Gasteiger partial charge on any atom is 0.409 e. The molecule has 224 valence electrons. The second-order valence-corrected chi connectivity index (χ2v) is 14.4. The first kappa shape index (κ1) is 30.5. The molecule has 1 aliphatic heterocycles. The van der Waals surface area contributed by atoms with Crippen LogP contribution in [-0.4, -0.2) is 91.6 Å². The molecule has 1 aliphatic carbocycles. The molecule has 3 atom stereocenters. The average molecular weight is 632 g/mol. The van der Waals surface area contributed by atoms with Gasteiger partial charge in [0.1, 0.15) is 9.75 Å². The number of carboxylic acid groups (broad SMARTS) is 1. The molecule has 1 amide bonds. The van der Waals surface area contributed by atoms with Crippen molar-refractivity contribution in [1.29, 1.82) is 0 Å². The van der Waals surface area contributed by atoms with E-state index in [2.05, 4.69) is 4.90 Å². The van der Waals surface area contributed by atoms with E-state index >= 15 is 0 Å². The van der Waals surface area contributed by atoms with E-state index in [1.165, 1.54) is 6.07 Å². The van der Waals surface area contributed by atoms with E-state index in [4.69, 9.17) is 16.3 Å². The Labute approximate surface area is 255 Å². The fourth-order valence-corrected chi connectivity index (χ4v) is 9.26. The molecule has 0 spiro atoms. The third-order valence-electron chi connectivity index (χ3n) is 8.22. The number of aliphatic carboxylic acids is 1. The largest absolute Gasteiger partial charge is 0.480 e. The zero-order valence-corrected chi connectivity index (χ0v) is 25.9. The number of rotatable bonds is 10. The summed E-state index contributed by atoms with van der Waals surface area (Å²) in [4.78, 5) is 30.1. The summed E-state index contributed by atoms with van der Waals surface area (Å²) in [6.07, 6.45) is -0.296. The van der Waals surface area contributed by atoms with Gasteiger partial charge in [-0.2, -0.15) is 4.31 Å². The number of nitrogens with zero attached hydrogens (tertiary/aromatic N) is 3. The average Bonchev–Trinajstić information content (AvgIpc) is 3.30. The summed E-state index contributed by atoms with van der Waals surface area (Å²) in [5.74, 6) is -2.21. The molecule has 9 nitrogen and oxygen atoms in total. The number of ether oxygens (including phenoxy) is 1. The summed E-state index contributed by atoms with van der Waals surface area (Å²) in [6.45, 7) is 4.24. The van der Waals surface area contributed by atoms with Crippen LogP contribution in [0.2, 0.25) is 5.02 Å². The van der Waals surface area contributed by atoms with E-state index in [0.717, 1.165) is 44.7 Å². The first-order valence-corrected chi connectivity index (χ1v) is 16.5. The highest BCUT2D eigenvalue weighted by Gasteiger charge is 2.73. The number of likely N-dealkylation sites (N-methyl/N-ethyl adjacent to an activating group) is 1. The van der Waals surface area contributed by atoms with E-state index in [9.17, 15) is 23.1 Å². The van der Waals surface area contributed by atoms with Gasteiger partial charge in [-0.3, -0.25) is 4.79 Å². The van der Waals surface area contributed by atoms with Crippen LogP contribution in [0.5, 0.6) is 0 Å². The second-order valence-electron chi connectivity index (χ2n) is 10.8. The molecule has 2 fully saturated rings. The van der Waals surface area contributed by atoms with Gasteiger partial charge in [-0.1, -0.05) is 61.0 Å².